The summed E-state index contributed by atoms with van der Waals surface area (Å²) in [6, 6.07) is 6.13. The number of hydrogen-bond donors (Lipinski definition) is 1. The Bertz CT molecular complexity index is 305. The zero-order chi connectivity index (χ0) is 11.1. The molecule has 0 radical (unpaired) electrons. The lowest BCUT2D eigenvalue weighted by Gasteiger charge is -2.06. The molecular weight excluding hydrogens is 258 g/mol. The zero-order valence-corrected chi connectivity index (χ0v) is 10.4. The summed E-state index contributed by atoms with van der Waals surface area (Å²) in [6.07, 6.45) is 3.10. The topological polar surface area (TPSA) is 44.5 Å². The smallest absolute Gasteiger partial charge is 0.133 e. The number of aryl methyl sites for hydroxylation is 1. The van der Waals surface area contributed by atoms with Crippen molar-refractivity contribution in [3.63, 3.8) is 0 Å². The molecule has 1 aromatic carbocycles. The van der Waals surface area contributed by atoms with Gasteiger partial charge in [0.1, 0.15) is 5.75 Å². The summed E-state index contributed by atoms with van der Waals surface area (Å²) >= 11 is 3.46. The summed E-state index contributed by atoms with van der Waals surface area (Å²) < 4.78 is 6.16. The Morgan fingerprint density at radius 1 is 1.33 bits per heavy atom. The van der Waals surface area contributed by atoms with E-state index in [1.807, 2.05) is 6.07 Å². The number of hydrogen-bond acceptors (Lipinski definition) is 3. The molecule has 84 valence electrons. The second kappa shape index (κ2) is 6.82. The number of rotatable bonds is 6. The van der Waals surface area contributed by atoms with Gasteiger partial charge in [0.25, 0.3) is 0 Å². The first-order valence-corrected chi connectivity index (χ1v) is 5.71. The highest BCUT2D eigenvalue weighted by Gasteiger charge is 2.01. The number of ether oxygens (including phenoxy) is 1. The van der Waals surface area contributed by atoms with Crippen molar-refractivity contribution in [2.75, 3.05) is 13.7 Å². The van der Waals surface area contributed by atoms with Gasteiger partial charge in [-0.2, -0.15) is 0 Å². The van der Waals surface area contributed by atoms with Gasteiger partial charge >= 0.3 is 0 Å². The van der Waals surface area contributed by atoms with Crippen LogP contribution in [-0.4, -0.2) is 13.7 Å². The number of halogens is 1. The minimum Gasteiger partial charge on any atom is -0.496 e. The lowest BCUT2D eigenvalue weighted by Crippen LogP contribution is -2.01. The van der Waals surface area contributed by atoms with Gasteiger partial charge in [0.2, 0.25) is 0 Å². The summed E-state index contributed by atoms with van der Waals surface area (Å²) in [5.41, 5.74) is 1.29. The molecular formula is C11H16BrNO2. The molecule has 3 nitrogen and oxygen atoms in total. The average Bonchev–Trinajstić information content (AvgIpc) is 2.25. The normalized spacial score (nSPS) is 10.3. The van der Waals surface area contributed by atoms with Crippen LogP contribution in [0.4, 0.5) is 0 Å². The van der Waals surface area contributed by atoms with E-state index in [0.29, 0.717) is 6.61 Å². The van der Waals surface area contributed by atoms with Crippen LogP contribution in [-0.2, 0) is 11.3 Å². The molecule has 0 bridgehead atoms. The second-order valence-electron chi connectivity index (χ2n) is 3.30. The van der Waals surface area contributed by atoms with Gasteiger partial charge in [0, 0.05) is 0 Å². The molecule has 0 aliphatic rings. The fourth-order valence-corrected chi connectivity index (χ4v) is 1.97. The highest BCUT2D eigenvalue weighted by molar-refractivity contribution is 9.10. The molecule has 0 aromatic heterocycles. The average molecular weight is 274 g/mol. The van der Waals surface area contributed by atoms with Crippen LogP contribution in [0.3, 0.4) is 0 Å². The molecule has 0 atom stereocenters. The molecule has 0 unspecified atom stereocenters. The van der Waals surface area contributed by atoms with Gasteiger partial charge in [0.05, 0.1) is 18.2 Å². The lowest BCUT2D eigenvalue weighted by molar-refractivity contribution is 0.134. The summed E-state index contributed by atoms with van der Waals surface area (Å²) in [7, 11) is 1.67. The summed E-state index contributed by atoms with van der Waals surface area (Å²) in [5, 5.41) is 0. The summed E-state index contributed by atoms with van der Waals surface area (Å²) in [4.78, 5) is 4.51. The third-order valence-electron chi connectivity index (χ3n) is 2.19. The van der Waals surface area contributed by atoms with E-state index < -0.39 is 0 Å². The van der Waals surface area contributed by atoms with Crippen LogP contribution in [0.5, 0.6) is 5.75 Å². The molecule has 15 heavy (non-hydrogen) atoms. The van der Waals surface area contributed by atoms with Crippen LogP contribution in [0.25, 0.3) is 0 Å². The van der Waals surface area contributed by atoms with Crippen LogP contribution < -0.4 is 10.6 Å². The Kier molecular flexibility index (Phi) is 5.68. The molecule has 2 N–H and O–H groups in total. The van der Waals surface area contributed by atoms with Crippen LogP contribution in [0.2, 0.25) is 0 Å². The third kappa shape index (κ3) is 4.20. The first-order chi connectivity index (χ1) is 7.27. The van der Waals surface area contributed by atoms with Crippen molar-refractivity contribution < 1.29 is 9.57 Å². The first kappa shape index (κ1) is 12.5. The Balaban J connectivity index is 2.45. The van der Waals surface area contributed by atoms with E-state index in [1.54, 1.807) is 7.11 Å². The van der Waals surface area contributed by atoms with Gasteiger partial charge in [-0.25, -0.2) is 5.90 Å². The fourth-order valence-electron chi connectivity index (χ4n) is 1.38. The lowest BCUT2D eigenvalue weighted by atomic mass is 10.1. The fraction of sp³-hybridized carbons (Fsp3) is 0.455. The van der Waals surface area contributed by atoms with Crippen molar-refractivity contribution >= 4 is 15.9 Å². The number of methoxy groups -OCH3 is 1. The van der Waals surface area contributed by atoms with E-state index in [-0.39, 0.29) is 0 Å². The zero-order valence-electron chi connectivity index (χ0n) is 8.83. The molecule has 0 fully saturated rings. The van der Waals surface area contributed by atoms with Gasteiger partial charge in [-0.15, -0.1) is 0 Å². The van der Waals surface area contributed by atoms with E-state index in [4.69, 9.17) is 10.6 Å². The van der Waals surface area contributed by atoms with Gasteiger partial charge in [-0.05, 0) is 52.9 Å². The molecule has 0 saturated heterocycles. The molecule has 0 saturated carbocycles. The van der Waals surface area contributed by atoms with Crippen molar-refractivity contribution in [2.45, 2.75) is 19.3 Å². The van der Waals surface area contributed by atoms with E-state index in [1.165, 1.54) is 5.56 Å². The van der Waals surface area contributed by atoms with Crippen LogP contribution >= 0.6 is 15.9 Å². The Morgan fingerprint density at radius 3 is 2.73 bits per heavy atom. The monoisotopic (exact) mass is 273 g/mol. The van der Waals surface area contributed by atoms with Gasteiger partial charge in [-0.3, -0.25) is 0 Å². The first-order valence-electron chi connectivity index (χ1n) is 4.92. The van der Waals surface area contributed by atoms with Gasteiger partial charge in [-0.1, -0.05) is 6.07 Å². The summed E-state index contributed by atoms with van der Waals surface area (Å²) in [6.45, 7) is 0.622. The largest absolute Gasteiger partial charge is 0.496 e. The van der Waals surface area contributed by atoms with Crippen molar-refractivity contribution in [2.24, 2.45) is 5.90 Å². The minimum atomic E-state index is 0.622. The molecule has 0 amide bonds. The maximum atomic E-state index is 5.16. The Morgan fingerprint density at radius 2 is 2.13 bits per heavy atom. The van der Waals surface area contributed by atoms with E-state index in [9.17, 15) is 0 Å². The number of nitrogens with two attached hydrogens (primary N) is 1. The molecule has 1 aromatic rings. The summed E-state index contributed by atoms with van der Waals surface area (Å²) in [5.74, 6) is 5.81. The molecule has 0 heterocycles. The molecule has 0 aliphatic heterocycles. The van der Waals surface area contributed by atoms with Crippen LogP contribution in [0.1, 0.15) is 18.4 Å². The van der Waals surface area contributed by atoms with Gasteiger partial charge < -0.3 is 9.57 Å². The van der Waals surface area contributed by atoms with Crippen molar-refractivity contribution in [1.29, 1.82) is 0 Å². The molecule has 0 spiro atoms. The van der Waals surface area contributed by atoms with E-state index >= 15 is 0 Å². The number of unbranched alkanes of at least 4 members (excludes halogenated alkanes) is 1. The minimum absolute atomic E-state index is 0.622. The van der Waals surface area contributed by atoms with Crippen molar-refractivity contribution in [3.05, 3.63) is 28.2 Å². The standard InChI is InChI=1S/C11H16BrNO2/c1-14-11-6-5-9(8-10(11)12)4-2-3-7-15-13/h5-6,8H,2-4,7,13H2,1H3. The van der Waals surface area contributed by atoms with Gasteiger partial charge in [0.15, 0.2) is 0 Å². The highest BCUT2D eigenvalue weighted by atomic mass is 79.9. The van der Waals surface area contributed by atoms with E-state index in [0.717, 1.165) is 29.5 Å². The Labute approximate surface area is 98.6 Å². The quantitative estimate of drug-likeness (QED) is 0.640. The third-order valence-corrected chi connectivity index (χ3v) is 2.81. The SMILES string of the molecule is COc1ccc(CCCCON)cc1Br. The number of benzene rings is 1. The maximum absolute atomic E-state index is 5.16. The second-order valence-corrected chi connectivity index (χ2v) is 4.15. The predicted molar refractivity (Wildman–Crippen MR) is 63.8 cm³/mol. The highest BCUT2D eigenvalue weighted by Crippen LogP contribution is 2.26. The maximum Gasteiger partial charge on any atom is 0.133 e. The molecule has 1 rings (SSSR count). The molecule has 0 aliphatic carbocycles. The van der Waals surface area contributed by atoms with Crippen molar-refractivity contribution in [3.8, 4) is 5.75 Å². The molecule has 4 heteroatoms. The van der Waals surface area contributed by atoms with Crippen molar-refractivity contribution in [1.82, 2.24) is 0 Å². The van der Waals surface area contributed by atoms with Crippen LogP contribution in [0, 0.1) is 0 Å². The Hall–Kier alpha value is -0.580. The predicted octanol–water partition coefficient (Wildman–Crippen LogP) is 2.67. The van der Waals surface area contributed by atoms with E-state index in [2.05, 4.69) is 32.9 Å². The van der Waals surface area contributed by atoms with Crippen LogP contribution in [0.15, 0.2) is 22.7 Å².